The molecule has 0 N–H and O–H groups in total. The van der Waals surface area contributed by atoms with Crippen LogP contribution >= 0.6 is 11.3 Å². The first-order valence-electron chi connectivity index (χ1n) is 13.2. The van der Waals surface area contributed by atoms with E-state index in [2.05, 4.69) is 109 Å². The van der Waals surface area contributed by atoms with Gasteiger partial charge in [0.1, 0.15) is 0 Å². The summed E-state index contributed by atoms with van der Waals surface area (Å²) >= 11 is 1.77. The molecule has 186 valence electrons. The summed E-state index contributed by atoms with van der Waals surface area (Å²) in [6, 6.07) is 24.0. The average Bonchev–Trinajstić information content (AvgIpc) is 3.55. The predicted octanol–water partition coefficient (Wildman–Crippen LogP) is 7.70. The second-order valence-electron chi connectivity index (χ2n) is 12.2. The zero-order chi connectivity index (χ0) is 24.9. The summed E-state index contributed by atoms with van der Waals surface area (Å²) in [5.74, 6) is 0.389. The average molecular weight is 497 g/mol. The van der Waals surface area contributed by atoms with Gasteiger partial charge in [-0.25, -0.2) is 0 Å². The summed E-state index contributed by atoms with van der Waals surface area (Å²) in [4.78, 5) is 17.5. The number of hydrogen-bond acceptors (Lipinski definition) is 2. The molecule has 3 heterocycles. The van der Waals surface area contributed by atoms with Crippen molar-refractivity contribution in [3.05, 3.63) is 94.3 Å². The zero-order valence-corrected chi connectivity index (χ0v) is 22.4. The molecule has 1 aliphatic heterocycles. The van der Waals surface area contributed by atoms with Gasteiger partial charge in [0.15, 0.2) is 0 Å². The van der Waals surface area contributed by atoms with Crippen molar-refractivity contribution in [2.24, 2.45) is 10.8 Å². The highest BCUT2D eigenvalue weighted by molar-refractivity contribution is 7.10. The molecule has 3 nitrogen and oxygen atoms in total. The minimum Gasteiger partial charge on any atom is -0.343 e. The molecule has 36 heavy (non-hydrogen) atoms. The van der Waals surface area contributed by atoms with E-state index in [0.29, 0.717) is 23.8 Å². The summed E-state index contributed by atoms with van der Waals surface area (Å²) in [5, 5.41) is 3.40. The van der Waals surface area contributed by atoms with E-state index in [9.17, 15) is 4.79 Å². The molecule has 2 fully saturated rings. The number of thiophene rings is 1. The fraction of sp³-hybridized carbons (Fsp3) is 0.406. The maximum atomic E-state index is 14.0. The van der Waals surface area contributed by atoms with Crippen molar-refractivity contribution in [1.29, 1.82) is 0 Å². The summed E-state index contributed by atoms with van der Waals surface area (Å²) in [6.07, 6.45) is 6.33. The molecule has 3 atom stereocenters. The van der Waals surface area contributed by atoms with Crippen LogP contribution in [-0.2, 0) is 11.3 Å². The van der Waals surface area contributed by atoms with E-state index in [4.69, 9.17) is 0 Å². The van der Waals surface area contributed by atoms with Crippen molar-refractivity contribution in [2.45, 2.75) is 65.0 Å². The van der Waals surface area contributed by atoms with Gasteiger partial charge in [0.05, 0.1) is 0 Å². The maximum Gasteiger partial charge on any atom is 0.223 e. The van der Waals surface area contributed by atoms with Crippen molar-refractivity contribution in [2.75, 3.05) is 6.54 Å². The highest BCUT2D eigenvalue weighted by Crippen LogP contribution is 2.53. The van der Waals surface area contributed by atoms with Crippen molar-refractivity contribution >= 4 is 28.1 Å². The summed E-state index contributed by atoms with van der Waals surface area (Å²) in [5.41, 5.74) is 4.35. The fourth-order valence-electron chi connectivity index (χ4n) is 7.36. The lowest BCUT2D eigenvalue weighted by atomic mass is 9.65. The van der Waals surface area contributed by atoms with Crippen molar-refractivity contribution in [3.63, 3.8) is 0 Å². The zero-order valence-electron chi connectivity index (χ0n) is 21.6. The summed E-state index contributed by atoms with van der Waals surface area (Å²) in [6.45, 7) is 8.88. The molecule has 2 aromatic carbocycles. The Labute approximate surface area is 218 Å². The van der Waals surface area contributed by atoms with Crippen LogP contribution in [0.3, 0.4) is 0 Å². The topological polar surface area (TPSA) is 25.2 Å². The molecule has 0 unspecified atom stereocenters. The van der Waals surface area contributed by atoms with Gasteiger partial charge in [-0.2, -0.15) is 0 Å². The number of hydrogen-bond donors (Lipinski definition) is 0. The molecular formula is C32H36N2OS. The quantitative estimate of drug-likeness (QED) is 0.268. The Bertz CT molecular complexity index is 1370. The first-order valence-corrected chi connectivity index (χ1v) is 14.1. The van der Waals surface area contributed by atoms with E-state index in [0.717, 1.165) is 25.9 Å². The van der Waals surface area contributed by atoms with E-state index in [-0.39, 0.29) is 11.3 Å². The molecule has 0 spiro atoms. The Balaban J connectivity index is 1.35. The second kappa shape index (κ2) is 8.92. The van der Waals surface area contributed by atoms with Gasteiger partial charge in [-0.15, -0.1) is 11.3 Å². The molecule has 4 aromatic rings. The molecule has 2 aromatic heterocycles. The van der Waals surface area contributed by atoms with Gasteiger partial charge in [0.25, 0.3) is 0 Å². The van der Waals surface area contributed by atoms with Gasteiger partial charge in [-0.1, -0.05) is 75.4 Å². The van der Waals surface area contributed by atoms with Crippen LogP contribution in [0.15, 0.2) is 78.3 Å². The molecule has 1 aliphatic carbocycles. The highest BCUT2D eigenvalue weighted by atomic mass is 32.1. The number of carbonyl (C=O) groups excluding carboxylic acids is 1. The van der Waals surface area contributed by atoms with Crippen LogP contribution in [0.2, 0.25) is 0 Å². The van der Waals surface area contributed by atoms with Crippen LogP contribution in [0.25, 0.3) is 10.9 Å². The van der Waals surface area contributed by atoms with Gasteiger partial charge >= 0.3 is 0 Å². The monoisotopic (exact) mass is 496 g/mol. The number of aromatic nitrogens is 1. The van der Waals surface area contributed by atoms with E-state index >= 15 is 0 Å². The number of amides is 1. The van der Waals surface area contributed by atoms with Gasteiger partial charge in [0.2, 0.25) is 5.91 Å². The molecule has 1 saturated heterocycles. The first kappa shape index (κ1) is 23.5. The largest absolute Gasteiger partial charge is 0.343 e. The minimum absolute atomic E-state index is 0.0701. The van der Waals surface area contributed by atoms with Crippen LogP contribution in [0.5, 0.6) is 0 Å². The van der Waals surface area contributed by atoms with E-state index in [1.807, 2.05) is 0 Å². The van der Waals surface area contributed by atoms with Crippen molar-refractivity contribution < 1.29 is 4.79 Å². The van der Waals surface area contributed by atoms with Crippen LogP contribution in [-0.4, -0.2) is 28.0 Å². The minimum atomic E-state index is 0.0701. The molecule has 1 amide bonds. The Morgan fingerprint density at radius 3 is 2.56 bits per heavy atom. The third-order valence-corrected chi connectivity index (χ3v) is 9.38. The Morgan fingerprint density at radius 1 is 1.00 bits per heavy atom. The molecular weight excluding hydrogens is 460 g/mol. The van der Waals surface area contributed by atoms with E-state index in [1.165, 1.54) is 33.3 Å². The fourth-order valence-corrected chi connectivity index (χ4v) is 8.21. The van der Waals surface area contributed by atoms with Crippen LogP contribution in [0.1, 0.15) is 68.4 Å². The lowest BCUT2D eigenvalue weighted by Gasteiger charge is -2.39. The first-order chi connectivity index (χ1) is 17.3. The van der Waals surface area contributed by atoms with Crippen molar-refractivity contribution in [1.82, 2.24) is 9.47 Å². The second-order valence-corrected chi connectivity index (χ2v) is 13.2. The number of fused-ring (bicyclic) bond motifs is 3. The third kappa shape index (κ3) is 4.41. The molecule has 6 rings (SSSR count). The standard InChI is InChI=1S/C32H36N2OS/c1-31(2)17-24-18-32(3,21-31)22-34(24)30(35)16-26(29-14-9-15-36-29)27-20-33(19-23-10-5-4-6-11-23)28-13-8-7-12-25(27)28/h4-15,20,24,26H,16-19,21-22H2,1-3H3/t24-,26-,32+/m0/s1. The van der Waals surface area contributed by atoms with Gasteiger partial charge < -0.3 is 9.47 Å². The number of carbonyl (C=O) groups is 1. The Morgan fingerprint density at radius 2 is 1.78 bits per heavy atom. The van der Waals surface area contributed by atoms with Gasteiger partial charge in [-0.3, -0.25) is 4.79 Å². The molecule has 2 bridgehead atoms. The number of benzene rings is 2. The lowest BCUT2D eigenvalue weighted by molar-refractivity contribution is -0.132. The third-order valence-electron chi connectivity index (χ3n) is 8.39. The number of para-hydroxylation sites is 1. The number of rotatable bonds is 6. The maximum absolute atomic E-state index is 14.0. The van der Waals surface area contributed by atoms with Crippen LogP contribution in [0.4, 0.5) is 0 Å². The molecule has 0 radical (unpaired) electrons. The summed E-state index contributed by atoms with van der Waals surface area (Å²) < 4.78 is 2.36. The van der Waals surface area contributed by atoms with Crippen LogP contribution < -0.4 is 0 Å². The Kier molecular flexibility index (Phi) is 5.83. The smallest absolute Gasteiger partial charge is 0.223 e. The van der Waals surface area contributed by atoms with Crippen LogP contribution in [0, 0.1) is 10.8 Å². The number of likely N-dealkylation sites (tertiary alicyclic amines) is 1. The normalized spacial score (nSPS) is 23.8. The Hall–Kier alpha value is -2.85. The highest BCUT2D eigenvalue weighted by Gasteiger charge is 2.51. The van der Waals surface area contributed by atoms with E-state index < -0.39 is 0 Å². The lowest BCUT2D eigenvalue weighted by Crippen LogP contribution is -2.38. The molecule has 4 heteroatoms. The predicted molar refractivity (Wildman–Crippen MR) is 150 cm³/mol. The van der Waals surface area contributed by atoms with E-state index in [1.54, 1.807) is 11.3 Å². The molecule has 2 aliphatic rings. The molecule has 1 saturated carbocycles. The van der Waals surface area contributed by atoms with Crippen molar-refractivity contribution in [3.8, 4) is 0 Å². The van der Waals surface area contributed by atoms with Gasteiger partial charge in [0, 0.05) is 53.4 Å². The summed E-state index contributed by atoms with van der Waals surface area (Å²) in [7, 11) is 0. The number of nitrogens with zero attached hydrogens (tertiary/aromatic N) is 2. The SMILES string of the molecule is CC1(C)C[C@H]2C[C@@](C)(CN2C(=O)C[C@H](c2cccs2)c2cn(Cc3ccccc3)c3ccccc23)C1. The van der Waals surface area contributed by atoms with Gasteiger partial charge in [-0.05, 0) is 58.7 Å².